The van der Waals surface area contributed by atoms with E-state index in [9.17, 15) is 27.9 Å². The van der Waals surface area contributed by atoms with Crippen LogP contribution in [0.25, 0.3) is 0 Å². The molecule has 2 N–H and O–H groups in total. The molecular formula is C29H32F3N3O7. The van der Waals surface area contributed by atoms with E-state index in [1.807, 2.05) is 30.0 Å². The van der Waals surface area contributed by atoms with Crippen LogP contribution in [0.15, 0.2) is 54.6 Å². The van der Waals surface area contributed by atoms with Crippen molar-refractivity contribution in [3.05, 3.63) is 65.7 Å². The summed E-state index contributed by atoms with van der Waals surface area (Å²) in [5, 5.41) is 21.0. The Bertz CT molecular complexity index is 1280. The molecule has 226 valence electrons. The van der Waals surface area contributed by atoms with Crippen LogP contribution in [0, 0.1) is 11.5 Å². The quantitative estimate of drug-likeness (QED) is 0.138. The van der Waals surface area contributed by atoms with Crippen molar-refractivity contribution in [2.45, 2.75) is 44.6 Å². The number of fused-ring (bicyclic) bond motifs is 1. The molecular weight excluding hydrogens is 559 g/mol. The number of halogens is 3. The van der Waals surface area contributed by atoms with E-state index in [1.54, 1.807) is 18.2 Å². The third kappa shape index (κ3) is 10.3. The highest BCUT2D eigenvalue weighted by Crippen LogP contribution is 2.34. The zero-order valence-corrected chi connectivity index (χ0v) is 22.9. The lowest BCUT2D eigenvalue weighted by molar-refractivity contribution is -0.153. The number of carbonyl (C=O) groups is 2. The van der Waals surface area contributed by atoms with Gasteiger partial charge in [0.2, 0.25) is 0 Å². The number of nitriles is 1. The SMILES string of the molecule is C[C@H](Cc1ccc2c(c1)CC(OC(=O)/C=C\C(=O)OC#N)N2CCCO)NCCOc1ccccc1OCC(F)(F)F. The minimum absolute atomic E-state index is 0.0237. The van der Waals surface area contributed by atoms with E-state index in [4.69, 9.17) is 19.5 Å². The third-order valence-corrected chi connectivity index (χ3v) is 6.14. The Morgan fingerprint density at radius 1 is 1.17 bits per heavy atom. The highest BCUT2D eigenvalue weighted by molar-refractivity contribution is 5.92. The monoisotopic (exact) mass is 591 g/mol. The van der Waals surface area contributed by atoms with Crippen molar-refractivity contribution in [2.75, 3.05) is 37.8 Å². The minimum Gasteiger partial charge on any atom is -0.488 e. The second-order valence-corrected chi connectivity index (χ2v) is 9.43. The van der Waals surface area contributed by atoms with Gasteiger partial charge in [0.05, 0.1) is 0 Å². The Morgan fingerprint density at radius 3 is 2.57 bits per heavy atom. The maximum atomic E-state index is 12.5. The molecule has 0 aromatic heterocycles. The first-order chi connectivity index (χ1) is 20.1. The van der Waals surface area contributed by atoms with Crippen molar-refractivity contribution in [2.24, 2.45) is 0 Å². The molecule has 0 amide bonds. The van der Waals surface area contributed by atoms with Gasteiger partial charge in [-0.15, -0.1) is 5.26 Å². The number of aliphatic hydroxyl groups excluding tert-OH is 1. The normalized spacial score (nSPS) is 15.1. The molecule has 42 heavy (non-hydrogen) atoms. The zero-order chi connectivity index (χ0) is 30.5. The first-order valence-corrected chi connectivity index (χ1v) is 13.2. The average Bonchev–Trinajstić information content (AvgIpc) is 3.27. The summed E-state index contributed by atoms with van der Waals surface area (Å²) in [4.78, 5) is 25.4. The number of anilines is 1. The lowest BCUT2D eigenvalue weighted by atomic mass is 10.0. The molecule has 0 aliphatic carbocycles. The number of carbonyl (C=O) groups excluding carboxylic acids is 2. The Balaban J connectivity index is 1.53. The van der Waals surface area contributed by atoms with Crippen molar-refractivity contribution in [1.82, 2.24) is 5.32 Å². The molecule has 0 saturated heterocycles. The van der Waals surface area contributed by atoms with Crippen LogP contribution in [-0.4, -0.2) is 68.4 Å². The van der Waals surface area contributed by atoms with Crippen molar-refractivity contribution in [3.8, 4) is 17.8 Å². The highest BCUT2D eigenvalue weighted by Gasteiger charge is 2.32. The maximum Gasteiger partial charge on any atom is 0.422 e. The number of rotatable bonds is 15. The fraction of sp³-hybridized carbons (Fsp3) is 0.414. The van der Waals surface area contributed by atoms with E-state index in [-0.39, 0.29) is 30.8 Å². The summed E-state index contributed by atoms with van der Waals surface area (Å²) in [5.41, 5.74) is 2.87. The zero-order valence-electron chi connectivity index (χ0n) is 22.9. The van der Waals surface area contributed by atoms with Gasteiger partial charge in [-0.05, 0) is 49.1 Å². The standard InChI is InChI=1S/C29H32F3N3O7/c1-20(34-11-14-39-24-5-2-3-6-25(24)40-18-29(30,31)32)15-21-7-8-23-22(16-21)17-26(35(23)12-4-13-36)42-28(38)10-9-27(37)41-19-33/h2-3,5-10,16,20,26,34,36H,4,11-15,17-18H2,1H3/b10-9-/t20-,26?/m1/s1. The number of esters is 2. The molecule has 1 heterocycles. The fourth-order valence-corrected chi connectivity index (χ4v) is 4.40. The van der Waals surface area contributed by atoms with E-state index in [1.165, 1.54) is 12.3 Å². The molecule has 2 aromatic carbocycles. The van der Waals surface area contributed by atoms with Gasteiger partial charge in [-0.3, -0.25) is 0 Å². The molecule has 1 unspecified atom stereocenters. The van der Waals surface area contributed by atoms with E-state index < -0.39 is 30.9 Å². The van der Waals surface area contributed by atoms with E-state index in [0.29, 0.717) is 32.4 Å². The van der Waals surface area contributed by atoms with Gasteiger partial charge in [0, 0.05) is 50.0 Å². The van der Waals surface area contributed by atoms with Crippen LogP contribution in [-0.2, 0) is 31.9 Å². The predicted octanol–water partition coefficient (Wildman–Crippen LogP) is 3.42. The summed E-state index contributed by atoms with van der Waals surface area (Å²) in [6, 6.07) is 12.2. The summed E-state index contributed by atoms with van der Waals surface area (Å²) in [6.07, 6.45) is -0.622. The first kappa shape index (κ1) is 32.2. The summed E-state index contributed by atoms with van der Waals surface area (Å²) >= 11 is 0. The Labute approximate surface area is 241 Å². The lowest BCUT2D eigenvalue weighted by Gasteiger charge is -2.26. The van der Waals surface area contributed by atoms with Gasteiger partial charge in [-0.25, -0.2) is 9.59 Å². The number of aliphatic hydroxyl groups is 1. The lowest BCUT2D eigenvalue weighted by Crippen LogP contribution is -2.36. The third-order valence-electron chi connectivity index (χ3n) is 6.14. The fourth-order valence-electron chi connectivity index (χ4n) is 4.40. The minimum atomic E-state index is -4.45. The largest absolute Gasteiger partial charge is 0.488 e. The molecule has 1 aliphatic heterocycles. The molecule has 0 radical (unpaired) electrons. The van der Waals surface area contributed by atoms with Crippen molar-refractivity contribution in [3.63, 3.8) is 0 Å². The molecule has 0 spiro atoms. The molecule has 1 aliphatic rings. The second-order valence-electron chi connectivity index (χ2n) is 9.43. The predicted molar refractivity (Wildman–Crippen MR) is 145 cm³/mol. The first-order valence-electron chi connectivity index (χ1n) is 13.2. The van der Waals surface area contributed by atoms with Crippen LogP contribution in [0.3, 0.4) is 0 Å². The molecule has 2 atom stereocenters. The number of benzene rings is 2. The van der Waals surface area contributed by atoms with E-state index >= 15 is 0 Å². The number of nitrogens with zero attached hydrogens (tertiary/aromatic N) is 2. The number of para-hydroxylation sites is 2. The van der Waals surface area contributed by atoms with Gasteiger partial charge < -0.3 is 34.3 Å². The van der Waals surface area contributed by atoms with Gasteiger partial charge in [0.25, 0.3) is 6.26 Å². The van der Waals surface area contributed by atoms with Gasteiger partial charge >= 0.3 is 18.1 Å². The van der Waals surface area contributed by atoms with Crippen molar-refractivity contribution in [1.29, 1.82) is 5.26 Å². The van der Waals surface area contributed by atoms with Crippen LogP contribution in [0.1, 0.15) is 24.5 Å². The maximum absolute atomic E-state index is 12.5. The molecule has 0 saturated carbocycles. The molecule has 10 nitrogen and oxygen atoms in total. The van der Waals surface area contributed by atoms with Crippen LogP contribution in [0.4, 0.5) is 18.9 Å². The second kappa shape index (κ2) is 15.6. The summed E-state index contributed by atoms with van der Waals surface area (Å²) < 4.78 is 57.6. The molecule has 0 bridgehead atoms. The number of ether oxygens (including phenoxy) is 4. The molecule has 0 fully saturated rings. The molecule has 3 rings (SSSR count). The highest BCUT2D eigenvalue weighted by atomic mass is 19.4. The van der Waals surface area contributed by atoms with Crippen molar-refractivity contribution < 1.29 is 46.8 Å². The van der Waals surface area contributed by atoms with Gasteiger partial charge in [-0.2, -0.15) is 13.2 Å². The number of hydrogen-bond acceptors (Lipinski definition) is 10. The smallest absolute Gasteiger partial charge is 0.422 e. The molecule has 2 aromatic rings. The van der Waals surface area contributed by atoms with Crippen molar-refractivity contribution >= 4 is 17.6 Å². The number of nitrogens with one attached hydrogen (secondary N) is 1. The van der Waals surface area contributed by atoms with Gasteiger partial charge in [-0.1, -0.05) is 24.3 Å². The summed E-state index contributed by atoms with van der Waals surface area (Å²) in [7, 11) is 0. The Morgan fingerprint density at radius 2 is 1.88 bits per heavy atom. The number of hydrogen-bond donors (Lipinski definition) is 2. The van der Waals surface area contributed by atoms with E-state index in [0.717, 1.165) is 29.0 Å². The topological polar surface area (TPSA) is 130 Å². The summed E-state index contributed by atoms with van der Waals surface area (Å²) in [5.74, 6) is -1.50. The van der Waals surface area contributed by atoms with Gasteiger partial charge in [0.1, 0.15) is 6.61 Å². The van der Waals surface area contributed by atoms with Gasteiger partial charge in [0.15, 0.2) is 24.3 Å². The Hall–Kier alpha value is -4.28. The van der Waals surface area contributed by atoms with E-state index in [2.05, 4.69) is 10.1 Å². The average molecular weight is 592 g/mol. The van der Waals surface area contributed by atoms with Crippen LogP contribution in [0.2, 0.25) is 0 Å². The van der Waals surface area contributed by atoms with Crippen LogP contribution >= 0.6 is 0 Å². The molecule has 13 heteroatoms. The Kier molecular flexibility index (Phi) is 12.0. The van der Waals surface area contributed by atoms with Crippen LogP contribution < -0.4 is 19.7 Å². The van der Waals surface area contributed by atoms with Crippen LogP contribution in [0.5, 0.6) is 11.5 Å². The number of alkyl halides is 3. The summed E-state index contributed by atoms with van der Waals surface area (Å²) in [6.45, 7) is 1.67.